The number of rotatable bonds is 11. The third-order valence-corrected chi connectivity index (χ3v) is 13.5. The van der Waals surface area contributed by atoms with Crippen LogP contribution in [-0.2, 0) is 28.4 Å². The van der Waals surface area contributed by atoms with Gasteiger partial charge in [0.25, 0.3) is 0 Å². The van der Waals surface area contributed by atoms with E-state index in [9.17, 15) is 15.0 Å². The lowest BCUT2D eigenvalue weighted by molar-refractivity contribution is -0.304. The average molecular weight is 646 g/mol. The summed E-state index contributed by atoms with van der Waals surface area (Å²) in [5.41, 5.74) is -3.11. The number of nitrogens with zero attached hydrogens (tertiary/aromatic N) is 1. The first-order valence-electron chi connectivity index (χ1n) is 16.8. The molecule has 5 saturated carbocycles. The van der Waals surface area contributed by atoms with Gasteiger partial charge in [0.2, 0.25) is 0 Å². The van der Waals surface area contributed by atoms with Crippen LogP contribution in [0.1, 0.15) is 43.5 Å². The van der Waals surface area contributed by atoms with E-state index < -0.39 is 46.3 Å². The fourth-order valence-corrected chi connectivity index (χ4v) is 12.5. The normalized spacial score (nSPS) is 48.4. The Balaban J connectivity index is 1.45. The molecule has 7 bridgehead atoms. The smallest absolute Gasteiger partial charge is 0.338 e. The molecule has 14 atom stereocenters. The van der Waals surface area contributed by atoms with Crippen LogP contribution in [-0.4, -0.2) is 131 Å². The summed E-state index contributed by atoms with van der Waals surface area (Å²) >= 11 is 0. The van der Waals surface area contributed by atoms with Gasteiger partial charge in [0.1, 0.15) is 17.5 Å². The first-order chi connectivity index (χ1) is 22.1. The highest BCUT2D eigenvalue weighted by Gasteiger charge is 2.90. The number of piperidine rings is 1. The summed E-state index contributed by atoms with van der Waals surface area (Å²) in [5, 5.41) is 24.9. The molecule has 6 fully saturated rings. The van der Waals surface area contributed by atoms with E-state index in [0.29, 0.717) is 50.3 Å². The highest BCUT2D eigenvalue weighted by Crippen LogP contribution is 2.80. The summed E-state index contributed by atoms with van der Waals surface area (Å²) in [7, 11) is 8.39. The maximum atomic E-state index is 13.9. The first kappa shape index (κ1) is 32.7. The number of hydrogen-bond acceptors (Lipinski definition) is 11. The Morgan fingerprint density at radius 2 is 1.70 bits per heavy atom. The van der Waals surface area contributed by atoms with Crippen molar-refractivity contribution in [2.24, 2.45) is 34.5 Å². The molecule has 5 aliphatic carbocycles. The van der Waals surface area contributed by atoms with Gasteiger partial charge in [-0.3, -0.25) is 4.90 Å². The number of ether oxygens (including phenoxy) is 7. The lowest BCUT2D eigenvalue weighted by Crippen LogP contribution is -2.79. The van der Waals surface area contributed by atoms with Gasteiger partial charge >= 0.3 is 5.97 Å². The second kappa shape index (κ2) is 11.4. The van der Waals surface area contributed by atoms with Crippen LogP contribution in [0.15, 0.2) is 24.3 Å². The summed E-state index contributed by atoms with van der Waals surface area (Å²) in [5.74, 6) is -0.750. The highest BCUT2D eigenvalue weighted by molar-refractivity contribution is 5.89. The Morgan fingerprint density at radius 3 is 2.28 bits per heavy atom. The number of esters is 1. The molecule has 11 heteroatoms. The minimum atomic E-state index is -1.46. The molecule has 1 unspecified atom stereocenters. The van der Waals surface area contributed by atoms with E-state index in [-0.39, 0.29) is 41.9 Å². The van der Waals surface area contributed by atoms with Crippen molar-refractivity contribution in [2.75, 3.05) is 61.9 Å². The van der Waals surface area contributed by atoms with Crippen LogP contribution in [0.4, 0.5) is 0 Å². The summed E-state index contributed by atoms with van der Waals surface area (Å²) in [6.07, 6.45) is -1.63. The van der Waals surface area contributed by atoms with Crippen LogP contribution in [0.5, 0.6) is 5.75 Å². The number of fused-ring (bicyclic) bond motifs is 2. The zero-order valence-electron chi connectivity index (χ0n) is 28.1. The van der Waals surface area contributed by atoms with Gasteiger partial charge in [-0.15, -0.1) is 0 Å². The van der Waals surface area contributed by atoms with Gasteiger partial charge in [0.15, 0.2) is 0 Å². The fourth-order valence-electron chi connectivity index (χ4n) is 12.5. The lowest BCUT2D eigenvalue weighted by Gasteiger charge is -2.70. The van der Waals surface area contributed by atoms with Crippen LogP contribution in [0.3, 0.4) is 0 Å². The first-order valence-corrected chi connectivity index (χ1v) is 16.8. The predicted octanol–water partition coefficient (Wildman–Crippen LogP) is 2.16. The standard InChI is InChI=1S/C35H51NO10/c1-8-36-17-32(18-40-3)22(37)14-23(42-5)35-21-15-33(39)24(43-6)16-34(45-9-2,26(29(35)36)27(44-7)28(32)35)25(21)30(33)46-31(38)19-10-12-20(41-4)13-11-19/h10-13,21-30,37,39H,8-9,14-18H2,1-7H3/t21-,22-,23+,24+,25-,26+,27+,28-,29?,30-,32+,33-,34-,35+/m1/s1. The van der Waals surface area contributed by atoms with E-state index in [1.54, 1.807) is 59.8 Å². The molecule has 0 amide bonds. The molecular weight excluding hydrogens is 594 g/mol. The number of aliphatic hydroxyl groups excluding tert-OH is 1. The molecule has 1 aromatic carbocycles. The van der Waals surface area contributed by atoms with Crippen molar-refractivity contribution < 1.29 is 48.2 Å². The molecule has 2 N–H and O–H groups in total. The second-order valence-electron chi connectivity index (χ2n) is 14.6. The molecule has 0 aromatic heterocycles. The van der Waals surface area contributed by atoms with E-state index in [2.05, 4.69) is 11.8 Å². The number of benzene rings is 1. The van der Waals surface area contributed by atoms with Crippen molar-refractivity contribution in [2.45, 2.75) is 80.9 Å². The summed E-state index contributed by atoms with van der Waals surface area (Å²) < 4.78 is 44.0. The van der Waals surface area contributed by atoms with Gasteiger partial charge in [0, 0.05) is 89.1 Å². The topological polar surface area (TPSA) is 125 Å². The van der Waals surface area contributed by atoms with Crippen molar-refractivity contribution in [3.05, 3.63) is 29.8 Å². The summed E-state index contributed by atoms with van der Waals surface area (Å²) in [6.45, 7) is 6.38. The number of aliphatic hydroxyl groups is 2. The quantitative estimate of drug-likeness (QED) is 0.344. The molecule has 1 heterocycles. The second-order valence-corrected chi connectivity index (χ2v) is 14.6. The van der Waals surface area contributed by atoms with E-state index in [0.717, 1.165) is 6.54 Å². The summed E-state index contributed by atoms with van der Waals surface area (Å²) in [6, 6.07) is 6.79. The molecule has 1 aliphatic heterocycles. The molecule has 0 radical (unpaired) electrons. The van der Waals surface area contributed by atoms with Crippen molar-refractivity contribution in [3.8, 4) is 5.75 Å². The molecule has 1 spiro atoms. The van der Waals surface area contributed by atoms with Crippen LogP contribution in [0, 0.1) is 34.5 Å². The van der Waals surface area contributed by atoms with E-state index in [4.69, 9.17) is 33.2 Å². The van der Waals surface area contributed by atoms with Gasteiger partial charge in [-0.2, -0.15) is 0 Å². The molecular formula is C35H51NO10. The maximum absolute atomic E-state index is 13.9. The maximum Gasteiger partial charge on any atom is 0.338 e. The average Bonchev–Trinajstić information content (AvgIpc) is 3.43. The number of carbonyl (C=O) groups is 1. The number of likely N-dealkylation sites (tertiary alicyclic amines) is 1. The van der Waals surface area contributed by atoms with Crippen molar-refractivity contribution >= 4 is 5.97 Å². The minimum Gasteiger partial charge on any atom is -0.497 e. The molecule has 7 rings (SSSR count). The van der Waals surface area contributed by atoms with Crippen LogP contribution < -0.4 is 4.74 Å². The van der Waals surface area contributed by atoms with Crippen LogP contribution in [0.25, 0.3) is 0 Å². The third-order valence-electron chi connectivity index (χ3n) is 13.5. The van der Waals surface area contributed by atoms with Gasteiger partial charge in [-0.25, -0.2) is 4.79 Å². The number of hydrogen-bond donors (Lipinski definition) is 2. The van der Waals surface area contributed by atoms with Crippen molar-refractivity contribution in [3.63, 3.8) is 0 Å². The van der Waals surface area contributed by atoms with Gasteiger partial charge in [-0.1, -0.05) is 6.92 Å². The van der Waals surface area contributed by atoms with Gasteiger partial charge in [-0.05, 0) is 50.1 Å². The van der Waals surface area contributed by atoms with Crippen molar-refractivity contribution in [1.29, 1.82) is 0 Å². The SMILES string of the molecule is CCO[C@]12C[C@H](OC)[C@]3(O)C[C@H]([C@@H]1[C@H]3OC(=O)c1ccc(OC)cc1)[C@@]13C4[C@@H]2[C@H](OC)[C@@H]1[C@](COC)(CN4CC)[C@H](O)C[C@@H]3OC. The molecule has 6 aliphatic rings. The Bertz CT molecular complexity index is 1310. The van der Waals surface area contributed by atoms with E-state index in [1.807, 2.05) is 6.92 Å². The Morgan fingerprint density at radius 1 is 0.978 bits per heavy atom. The highest BCUT2D eigenvalue weighted by atomic mass is 16.6. The monoisotopic (exact) mass is 645 g/mol. The summed E-state index contributed by atoms with van der Waals surface area (Å²) in [4.78, 5) is 16.4. The predicted molar refractivity (Wildman–Crippen MR) is 165 cm³/mol. The largest absolute Gasteiger partial charge is 0.497 e. The Labute approximate surface area is 271 Å². The number of carbonyl (C=O) groups excluding carboxylic acids is 1. The zero-order chi connectivity index (χ0) is 32.8. The number of methoxy groups -OCH3 is 5. The fraction of sp³-hybridized carbons (Fsp3) is 0.800. The third kappa shape index (κ3) is 3.80. The minimum absolute atomic E-state index is 0.0152. The zero-order valence-corrected chi connectivity index (χ0v) is 28.1. The van der Waals surface area contributed by atoms with Crippen molar-refractivity contribution in [1.82, 2.24) is 4.90 Å². The van der Waals surface area contributed by atoms with Crippen LogP contribution >= 0.6 is 0 Å². The molecule has 46 heavy (non-hydrogen) atoms. The van der Waals surface area contributed by atoms with Crippen LogP contribution in [0.2, 0.25) is 0 Å². The van der Waals surface area contributed by atoms with Gasteiger partial charge < -0.3 is 43.4 Å². The Hall–Kier alpha value is -1.83. The van der Waals surface area contributed by atoms with E-state index >= 15 is 0 Å². The molecule has 1 aromatic rings. The molecule has 11 nitrogen and oxygen atoms in total. The Kier molecular flexibility index (Phi) is 8.08. The van der Waals surface area contributed by atoms with Gasteiger partial charge in [0.05, 0.1) is 49.3 Å². The lowest BCUT2D eigenvalue weighted by atomic mass is 9.42. The molecule has 1 saturated heterocycles. The molecule has 256 valence electrons. The van der Waals surface area contributed by atoms with E-state index in [1.165, 1.54) is 0 Å².